The van der Waals surface area contributed by atoms with Crippen LogP contribution in [0.25, 0.3) is 0 Å². The van der Waals surface area contributed by atoms with Crippen molar-refractivity contribution in [2.45, 2.75) is 4.90 Å². The number of para-hydroxylation sites is 1. The predicted molar refractivity (Wildman–Crippen MR) is 79.4 cm³/mol. The summed E-state index contributed by atoms with van der Waals surface area (Å²) in [7, 11) is -2.77. The van der Waals surface area contributed by atoms with Crippen LogP contribution >= 0.6 is 0 Å². The highest BCUT2D eigenvalue weighted by atomic mass is 32.2. The molecule has 110 valence electrons. The van der Waals surface area contributed by atoms with Crippen molar-refractivity contribution in [2.75, 3.05) is 17.6 Å². The first kappa shape index (κ1) is 14.9. The first-order chi connectivity index (χ1) is 9.94. The van der Waals surface area contributed by atoms with E-state index in [2.05, 4.69) is 9.46 Å². The standard InChI is InChI=1S/C14H14N2O4S/c1-20-14(17)12-8-7-10(15)9-13(12)21(18,19)16-11-5-3-2-4-6-11/h2-9,16H,15H2,1H3. The minimum atomic E-state index is -3.95. The van der Waals surface area contributed by atoms with Gasteiger partial charge in [-0.25, -0.2) is 13.2 Å². The molecule has 0 spiro atoms. The summed E-state index contributed by atoms with van der Waals surface area (Å²) in [5, 5.41) is 0. The van der Waals surface area contributed by atoms with Gasteiger partial charge < -0.3 is 10.5 Å². The fourth-order valence-electron chi connectivity index (χ4n) is 1.76. The van der Waals surface area contributed by atoms with E-state index >= 15 is 0 Å². The second-order valence-corrected chi connectivity index (χ2v) is 5.87. The van der Waals surface area contributed by atoms with E-state index in [4.69, 9.17) is 5.73 Å². The van der Waals surface area contributed by atoms with Crippen molar-refractivity contribution in [1.29, 1.82) is 0 Å². The van der Waals surface area contributed by atoms with Crippen molar-refractivity contribution in [3.8, 4) is 0 Å². The summed E-state index contributed by atoms with van der Waals surface area (Å²) in [6.45, 7) is 0. The van der Waals surface area contributed by atoms with Gasteiger partial charge in [0.15, 0.2) is 0 Å². The van der Waals surface area contributed by atoms with Gasteiger partial charge in [0, 0.05) is 11.4 Å². The van der Waals surface area contributed by atoms with E-state index in [0.717, 1.165) is 0 Å². The van der Waals surface area contributed by atoms with Gasteiger partial charge in [-0.1, -0.05) is 18.2 Å². The second kappa shape index (κ2) is 5.84. The van der Waals surface area contributed by atoms with Crippen molar-refractivity contribution < 1.29 is 17.9 Å². The minimum absolute atomic E-state index is 0.0740. The molecule has 0 unspecified atom stereocenters. The third kappa shape index (κ3) is 3.32. The van der Waals surface area contributed by atoms with Gasteiger partial charge in [-0.3, -0.25) is 4.72 Å². The Morgan fingerprint density at radius 1 is 1.14 bits per heavy atom. The van der Waals surface area contributed by atoms with E-state index in [1.165, 1.54) is 25.3 Å². The molecule has 0 atom stereocenters. The Bertz CT molecular complexity index is 758. The molecule has 0 heterocycles. The van der Waals surface area contributed by atoms with Gasteiger partial charge in [-0.2, -0.15) is 0 Å². The van der Waals surface area contributed by atoms with Crippen LogP contribution in [0.3, 0.4) is 0 Å². The molecule has 0 bridgehead atoms. The second-order valence-electron chi connectivity index (χ2n) is 4.22. The van der Waals surface area contributed by atoms with Crippen LogP contribution in [-0.2, 0) is 14.8 Å². The van der Waals surface area contributed by atoms with E-state index in [1.807, 2.05) is 0 Å². The number of esters is 1. The number of nitrogens with one attached hydrogen (secondary N) is 1. The zero-order chi connectivity index (χ0) is 15.5. The quantitative estimate of drug-likeness (QED) is 0.663. The number of nitrogen functional groups attached to an aromatic ring is 1. The number of nitrogens with two attached hydrogens (primary N) is 1. The van der Waals surface area contributed by atoms with Crippen molar-refractivity contribution in [3.63, 3.8) is 0 Å². The van der Waals surface area contributed by atoms with E-state index in [0.29, 0.717) is 5.69 Å². The minimum Gasteiger partial charge on any atom is -0.465 e. The van der Waals surface area contributed by atoms with Crippen molar-refractivity contribution in [2.24, 2.45) is 0 Å². The summed E-state index contributed by atoms with van der Waals surface area (Å²) in [5.41, 5.74) is 6.16. The van der Waals surface area contributed by atoms with E-state index in [-0.39, 0.29) is 16.1 Å². The van der Waals surface area contributed by atoms with Crippen molar-refractivity contribution >= 4 is 27.4 Å². The first-order valence-electron chi connectivity index (χ1n) is 6.00. The largest absolute Gasteiger partial charge is 0.465 e. The van der Waals surface area contributed by atoms with Gasteiger partial charge in [0.1, 0.15) is 4.90 Å². The lowest BCUT2D eigenvalue weighted by Crippen LogP contribution is -2.18. The van der Waals surface area contributed by atoms with Crippen LogP contribution in [0.5, 0.6) is 0 Å². The van der Waals surface area contributed by atoms with Gasteiger partial charge in [0.2, 0.25) is 0 Å². The van der Waals surface area contributed by atoms with Crippen LogP contribution in [0.15, 0.2) is 53.4 Å². The molecule has 0 aliphatic heterocycles. The number of methoxy groups -OCH3 is 1. The molecule has 2 aromatic carbocycles. The predicted octanol–water partition coefficient (Wildman–Crippen LogP) is 1.86. The number of benzene rings is 2. The third-order valence-electron chi connectivity index (χ3n) is 2.73. The van der Waals surface area contributed by atoms with Crippen molar-refractivity contribution in [3.05, 3.63) is 54.1 Å². The monoisotopic (exact) mass is 306 g/mol. The summed E-state index contributed by atoms with van der Waals surface area (Å²) in [5.74, 6) is -0.747. The van der Waals surface area contributed by atoms with E-state index < -0.39 is 16.0 Å². The van der Waals surface area contributed by atoms with Crippen molar-refractivity contribution in [1.82, 2.24) is 0 Å². The SMILES string of the molecule is COC(=O)c1ccc(N)cc1S(=O)(=O)Nc1ccccc1. The molecule has 6 nitrogen and oxygen atoms in total. The number of hydrogen-bond acceptors (Lipinski definition) is 5. The summed E-state index contributed by atoms with van der Waals surface area (Å²) in [6, 6.07) is 12.3. The third-order valence-corrected chi connectivity index (χ3v) is 4.15. The van der Waals surface area contributed by atoms with Crippen LogP contribution < -0.4 is 10.5 Å². The number of hydrogen-bond donors (Lipinski definition) is 2. The average Bonchev–Trinajstić information content (AvgIpc) is 2.47. The number of ether oxygens (including phenoxy) is 1. The zero-order valence-corrected chi connectivity index (χ0v) is 12.1. The number of anilines is 2. The zero-order valence-electron chi connectivity index (χ0n) is 11.2. The van der Waals surface area contributed by atoms with Gasteiger partial charge in [0.25, 0.3) is 10.0 Å². The summed E-state index contributed by atoms with van der Waals surface area (Å²) >= 11 is 0. The maximum absolute atomic E-state index is 12.4. The number of carbonyl (C=O) groups excluding carboxylic acids is 1. The summed E-state index contributed by atoms with van der Waals surface area (Å²) in [4.78, 5) is 11.5. The first-order valence-corrected chi connectivity index (χ1v) is 7.48. The Balaban J connectivity index is 2.49. The lowest BCUT2D eigenvalue weighted by Gasteiger charge is -2.12. The van der Waals surface area contributed by atoms with E-state index in [1.54, 1.807) is 30.3 Å². The molecular formula is C14H14N2O4S. The van der Waals surface area contributed by atoms with Gasteiger partial charge >= 0.3 is 5.97 Å². The molecule has 0 radical (unpaired) electrons. The number of sulfonamides is 1. The summed E-state index contributed by atoms with van der Waals surface area (Å²) in [6.07, 6.45) is 0. The molecule has 2 rings (SSSR count). The Morgan fingerprint density at radius 2 is 1.81 bits per heavy atom. The molecule has 0 aliphatic rings. The highest BCUT2D eigenvalue weighted by Gasteiger charge is 2.23. The normalized spacial score (nSPS) is 10.9. The molecular weight excluding hydrogens is 292 g/mol. The Labute approximate surface area is 122 Å². The maximum Gasteiger partial charge on any atom is 0.339 e. The van der Waals surface area contributed by atoms with Crippen LogP contribution in [0.2, 0.25) is 0 Å². The highest BCUT2D eigenvalue weighted by Crippen LogP contribution is 2.22. The summed E-state index contributed by atoms with van der Waals surface area (Å²) < 4.78 is 31.8. The van der Waals surface area contributed by atoms with Crippen LogP contribution in [-0.4, -0.2) is 21.5 Å². The molecule has 0 saturated carbocycles. The molecule has 2 aromatic rings. The fourth-order valence-corrected chi connectivity index (χ4v) is 3.04. The van der Waals surface area contributed by atoms with Crippen LogP contribution in [0.1, 0.15) is 10.4 Å². The average molecular weight is 306 g/mol. The lowest BCUT2D eigenvalue weighted by atomic mass is 10.2. The molecule has 0 aliphatic carbocycles. The van der Waals surface area contributed by atoms with Gasteiger partial charge in [-0.05, 0) is 30.3 Å². The molecule has 0 amide bonds. The molecule has 3 N–H and O–H groups in total. The Hall–Kier alpha value is -2.54. The highest BCUT2D eigenvalue weighted by molar-refractivity contribution is 7.92. The molecule has 0 saturated heterocycles. The van der Waals surface area contributed by atoms with Crippen LogP contribution in [0, 0.1) is 0 Å². The number of rotatable bonds is 4. The lowest BCUT2D eigenvalue weighted by molar-refractivity contribution is 0.0596. The maximum atomic E-state index is 12.4. The van der Waals surface area contributed by atoms with Gasteiger partial charge in [-0.15, -0.1) is 0 Å². The molecule has 21 heavy (non-hydrogen) atoms. The topological polar surface area (TPSA) is 98.5 Å². The van der Waals surface area contributed by atoms with Gasteiger partial charge in [0.05, 0.1) is 12.7 Å². The number of carbonyl (C=O) groups is 1. The Morgan fingerprint density at radius 3 is 2.43 bits per heavy atom. The molecule has 0 aromatic heterocycles. The molecule has 0 fully saturated rings. The molecule has 7 heteroatoms. The fraction of sp³-hybridized carbons (Fsp3) is 0.0714. The smallest absolute Gasteiger partial charge is 0.339 e. The van der Waals surface area contributed by atoms with Crippen LogP contribution in [0.4, 0.5) is 11.4 Å². The Kier molecular flexibility index (Phi) is 4.13. The van der Waals surface area contributed by atoms with E-state index in [9.17, 15) is 13.2 Å².